The van der Waals surface area contributed by atoms with Crippen LogP contribution in [0.3, 0.4) is 0 Å². The smallest absolute Gasteiger partial charge is 0.306 e. The van der Waals surface area contributed by atoms with Gasteiger partial charge in [0.2, 0.25) is 0 Å². The highest BCUT2D eigenvalue weighted by atomic mass is 35.5. The van der Waals surface area contributed by atoms with Crippen molar-refractivity contribution in [1.29, 1.82) is 0 Å². The topological polar surface area (TPSA) is 37.3 Å². The largest absolute Gasteiger partial charge is 0.481 e. The maximum Gasteiger partial charge on any atom is 0.306 e. The van der Waals surface area contributed by atoms with Gasteiger partial charge in [-0.15, -0.1) is 11.6 Å². The van der Waals surface area contributed by atoms with Crippen LogP contribution in [0.2, 0.25) is 0 Å². The van der Waals surface area contributed by atoms with Crippen LogP contribution in [-0.2, 0) is 4.79 Å². The average molecular weight is 277 g/mol. The SMILES string of the molecule is CCCCCCCCCCC(C(=O)O)C(C)CCl. The summed E-state index contributed by atoms with van der Waals surface area (Å²) in [7, 11) is 0. The maximum absolute atomic E-state index is 11.1. The Morgan fingerprint density at radius 1 is 1.06 bits per heavy atom. The molecule has 0 aromatic heterocycles. The zero-order valence-corrected chi connectivity index (χ0v) is 12.7. The highest BCUT2D eigenvalue weighted by molar-refractivity contribution is 6.18. The van der Waals surface area contributed by atoms with E-state index >= 15 is 0 Å². The van der Waals surface area contributed by atoms with Crippen LogP contribution in [0.15, 0.2) is 0 Å². The van der Waals surface area contributed by atoms with E-state index in [0.717, 1.165) is 19.3 Å². The Balaban J connectivity index is 3.53. The lowest BCUT2D eigenvalue weighted by Gasteiger charge is -2.17. The summed E-state index contributed by atoms with van der Waals surface area (Å²) in [4.78, 5) is 11.1. The van der Waals surface area contributed by atoms with Gasteiger partial charge >= 0.3 is 5.97 Å². The molecule has 0 amide bonds. The minimum absolute atomic E-state index is 0.0775. The molecule has 3 heteroatoms. The van der Waals surface area contributed by atoms with Gasteiger partial charge in [-0.2, -0.15) is 0 Å². The van der Waals surface area contributed by atoms with Gasteiger partial charge < -0.3 is 5.11 Å². The summed E-state index contributed by atoms with van der Waals surface area (Å²) in [5, 5.41) is 9.12. The van der Waals surface area contributed by atoms with Crippen molar-refractivity contribution in [1.82, 2.24) is 0 Å². The van der Waals surface area contributed by atoms with Crippen LogP contribution in [0.25, 0.3) is 0 Å². The Labute approximate surface area is 117 Å². The molecule has 0 heterocycles. The van der Waals surface area contributed by atoms with Gasteiger partial charge in [-0.25, -0.2) is 0 Å². The second-order valence-corrected chi connectivity index (χ2v) is 5.65. The lowest BCUT2D eigenvalue weighted by molar-refractivity contribution is -0.143. The molecule has 2 atom stereocenters. The first-order valence-corrected chi connectivity index (χ1v) is 7.95. The summed E-state index contributed by atoms with van der Waals surface area (Å²) >= 11 is 5.74. The Kier molecular flexibility index (Phi) is 11.7. The van der Waals surface area contributed by atoms with Crippen LogP contribution in [0.5, 0.6) is 0 Å². The normalized spacial score (nSPS) is 14.4. The van der Waals surface area contributed by atoms with E-state index in [9.17, 15) is 4.79 Å². The number of carboxylic acids is 1. The summed E-state index contributed by atoms with van der Waals surface area (Å²) in [6.07, 6.45) is 10.8. The Bertz CT molecular complexity index is 207. The predicted molar refractivity (Wildman–Crippen MR) is 78.2 cm³/mol. The molecule has 18 heavy (non-hydrogen) atoms. The first-order valence-electron chi connectivity index (χ1n) is 7.42. The van der Waals surface area contributed by atoms with Crippen LogP contribution in [-0.4, -0.2) is 17.0 Å². The second-order valence-electron chi connectivity index (χ2n) is 5.34. The second kappa shape index (κ2) is 11.8. The van der Waals surface area contributed by atoms with Gasteiger partial charge in [0.05, 0.1) is 5.92 Å². The lowest BCUT2D eigenvalue weighted by Crippen LogP contribution is -2.22. The van der Waals surface area contributed by atoms with E-state index in [0.29, 0.717) is 5.88 Å². The van der Waals surface area contributed by atoms with Crippen molar-refractivity contribution in [3.8, 4) is 0 Å². The zero-order chi connectivity index (χ0) is 13.8. The fraction of sp³-hybridized carbons (Fsp3) is 0.933. The molecule has 0 aliphatic carbocycles. The maximum atomic E-state index is 11.1. The van der Waals surface area contributed by atoms with Crippen molar-refractivity contribution >= 4 is 17.6 Å². The van der Waals surface area contributed by atoms with Crippen LogP contribution < -0.4 is 0 Å². The number of alkyl halides is 1. The van der Waals surface area contributed by atoms with Crippen molar-refractivity contribution in [3.05, 3.63) is 0 Å². The molecule has 1 N–H and O–H groups in total. The van der Waals surface area contributed by atoms with Gasteiger partial charge in [0, 0.05) is 5.88 Å². The van der Waals surface area contributed by atoms with Gasteiger partial charge in [0.1, 0.15) is 0 Å². The molecule has 2 nitrogen and oxygen atoms in total. The number of halogens is 1. The molecule has 2 unspecified atom stereocenters. The number of hydrogen-bond donors (Lipinski definition) is 1. The number of carboxylic acid groups (broad SMARTS) is 1. The van der Waals surface area contributed by atoms with E-state index in [1.165, 1.54) is 38.5 Å². The molecule has 0 aliphatic rings. The molecule has 0 bridgehead atoms. The van der Waals surface area contributed by atoms with Gasteiger partial charge in [0.25, 0.3) is 0 Å². The van der Waals surface area contributed by atoms with Crippen molar-refractivity contribution in [3.63, 3.8) is 0 Å². The van der Waals surface area contributed by atoms with Crippen molar-refractivity contribution < 1.29 is 9.90 Å². The third kappa shape index (κ3) is 8.79. The number of hydrogen-bond acceptors (Lipinski definition) is 1. The van der Waals surface area contributed by atoms with E-state index in [1.54, 1.807) is 0 Å². The van der Waals surface area contributed by atoms with Gasteiger partial charge in [-0.1, -0.05) is 65.2 Å². The van der Waals surface area contributed by atoms with Gasteiger partial charge in [0.15, 0.2) is 0 Å². The average Bonchev–Trinajstić information content (AvgIpc) is 2.35. The number of carbonyl (C=O) groups is 1. The van der Waals surface area contributed by atoms with Crippen LogP contribution in [0, 0.1) is 11.8 Å². The molecule has 0 rings (SSSR count). The van der Waals surface area contributed by atoms with E-state index in [4.69, 9.17) is 16.7 Å². The fourth-order valence-electron chi connectivity index (χ4n) is 2.26. The van der Waals surface area contributed by atoms with Crippen LogP contribution >= 0.6 is 11.6 Å². The molecule has 0 aromatic rings. The molecule has 0 spiro atoms. The van der Waals surface area contributed by atoms with Crippen LogP contribution in [0.4, 0.5) is 0 Å². The van der Waals surface area contributed by atoms with Gasteiger partial charge in [-0.05, 0) is 12.3 Å². The summed E-state index contributed by atoms with van der Waals surface area (Å²) in [5.74, 6) is -0.434. The molecule has 0 aromatic carbocycles. The lowest BCUT2D eigenvalue weighted by atomic mass is 9.90. The Morgan fingerprint density at radius 2 is 1.56 bits per heavy atom. The zero-order valence-electron chi connectivity index (χ0n) is 12.0. The third-order valence-electron chi connectivity index (χ3n) is 3.62. The summed E-state index contributed by atoms with van der Waals surface area (Å²) < 4.78 is 0. The van der Waals surface area contributed by atoms with E-state index < -0.39 is 5.97 Å². The quantitative estimate of drug-likeness (QED) is 0.398. The minimum atomic E-state index is -0.689. The van der Waals surface area contributed by atoms with E-state index in [-0.39, 0.29) is 11.8 Å². The first kappa shape index (κ1) is 17.8. The Hall–Kier alpha value is -0.240. The number of unbranched alkanes of at least 4 members (excludes halogenated alkanes) is 7. The van der Waals surface area contributed by atoms with Crippen molar-refractivity contribution in [2.75, 3.05) is 5.88 Å². The van der Waals surface area contributed by atoms with Crippen molar-refractivity contribution in [2.45, 2.75) is 71.6 Å². The molecule has 0 aliphatic heterocycles. The highest BCUT2D eigenvalue weighted by Gasteiger charge is 2.23. The summed E-state index contributed by atoms with van der Waals surface area (Å²) in [6, 6.07) is 0. The molecule has 0 saturated heterocycles. The van der Waals surface area contributed by atoms with Gasteiger partial charge in [-0.3, -0.25) is 4.79 Å². The molecular weight excluding hydrogens is 248 g/mol. The molecular formula is C15H29ClO2. The van der Waals surface area contributed by atoms with E-state index in [1.807, 2.05) is 6.92 Å². The highest BCUT2D eigenvalue weighted by Crippen LogP contribution is 2.21. The monoisotopic (exact) mass is 276 g/mol. The van der Waals surface area contributed by atoms with Crippen LogP contribution in [0.1, 0.15) is 71.6 Å². The first-order chi connectivity index (χ1) is 8.63. The molecule has 0 fully saturated rings. The molecule has 0 radical (unpaired) electrons. The summed E-state index contributed by atoms with van der Waals surface area (Å²) in [5.41, 5.74) is 0. The molecule has 0 saturated carbocycles. The fourth-order valence-corrected chi connectivity index (χ4v) is 2.47. The standard InChI is InChI=1S/C15H29ClO2/c1-3-4-5-6-7-8-9-10-11-14(15(17)18)13(2)12-16/h13-14H,3-12H2,1-2H3,(H,17,18). The predicted octanol–water partition coefficient (Wildman–Crippen LogP) is 5.09. The third-order valence-corrected chi connectivity index (χ3v) is 4.10. The minimum Gasteiger partial charge on any atom is -0.481 e. The molecule has 108 valence electrons. The van der Waals surface area contributed by atoms with Crippen molar-refractivity contribution in [2.24, 2.45) is 11.8 Å². The number of aliphatic carboxylic acids is 1. The number of rotatable bonds is 12. The Morgan fingerprint density at radius 3 is 2.00 bits per heavy atom. The van der Waals surface area contributed by atoms with E-state index in [2.05, 4.69) is 6.92 Å². The summed E-state index contributed by atoms with van der Waals surface area (Å²) in [6.45, 7) is 4.15.